The fraction of sp³-hybridized carbons (Fsp3) is 0.316. The standard InChI is InChI=1S/C19H22N2O3/c1-23-17-6-3-13(9-18(17)24-2)10-19(22)21-16-5-4-14-7-8-20-12-15(14)11-16/h3-6,9,11,20H,7-8,10,12H2,1-2H3,(H,21,22). The summed E-state index contributed by atoms with van der Waals surface area (Å²) in [5.74, 6) is 1.23. The van der Waals surface area contributed by atoms with Gasteiger partial charge in [0.15, 0.2) is 11.5 Å². The molecular formula is C19H22N2O3. The van der Waals surface area contributed by atoms with E-state index in [1.165, 1.54) is 11.1 Å². The molecule has 2 aromatic rings. The Labute approximate surface area is 142 Å². The molecule has 0 atom stereocenters. The first-order chi connectivity index (χ1) is 11.7. The topological polar surface area (TPSA) is 59.6 Å². The summed E-state index contributed by atoms with van der Waals surface area (Å²) in [5.41, 5.74) is 4.32. The summed E-state index contributed by atoms with van der Waals surface area (Å²) in [6.07, 6.45) is 1.32. The monoisotopic (exact) mass is 326 g/mol. The average molecular weight is 326 g/mol. The second-order valence-corrected chi connectivity index (χ2v) is 5.82. The lowest BCUT2D eigenvalue weighted by Gasteiger charge is -2.18. The molecule has 2 N–H and O–H groups in total. The Morgan fingerprint density at radius 1 is 1.08 bits per heavy atom. The minimum Gasteiger partial charge on any atom is -0.493 e. The van der Waals surface area contributed by atoms with Gasteiger partial charge in [-0.25, -0.2) is 0 Å². The van der Waals surface area contributed by atoms with Gasteiger partial charge in [0.25, 0.3) is 0 Å². The van der Waals surface area contributed by atoms with E-state index in [1.807, 2.05) is 30.3 Å². The van der Waals surface area contributed by atoms with Crippen molar-refractivity contribution in [3.63, 3.8) is 0 Å². The van der Waals surface area contributed by atoms with E-state index in [1.54, 1.807) is 14.2 Å². The molecule has 1 aliphatic heterocycles. The number of fused-ring (bicyclic) bond motifs is 1. The number of hydrogen-bond donors (Lipinski definition) is 2. The molecular weight excluding hydrogens is 304 g/mol. The summed E-state index contributed by atoms with van der Waals surface area (Å²) in [6.45, 7) is 1.87. The van der Waals surface area contributed by atoms with Crippen LogP contribution in [0.3, 0.4) is 0 Å². The zero-order chi connectivity index (χ0) is 16.9. The minimum atomic E-state index is -0.0501. The van der Waals surface area contributed by atoms with Gasteiger partial charge in [0.1, 0.15) is 0 Å². The van der Waals surface area contributed by atoms with Crippen LogP contribution in [0.5, 0.6) is 11.5 Å². The molecule has 0 radical (unpaired) electrons. The highest BCUT2D eigenvalue weighted by Gasteiger charge is 2.11. The third kappa shape index (κ3) is 3.68. The molecule has 2 aromatic carbocycles. The molecule has 1 amide bonds. The first-order valence-electron chi connectivity index (χ1n) is 8.03. The van der Waals surface area contributed by atoms with Gasteiger partial charge in [0.2, 0.25) is 5.91 Å². The number of carbonyl (C=O) groups excluding carboxylic acids is 1. The number of methoxy groups -OCH3 is 2. The van der Waals surface area contributed by atoms with E-state index in [0.29, 0.717) is 11.5 Å². The lowest BCUT2D eigenvalue weighted by molar-refractivity contribution is -0.115. The average Bonchev–Trinajstić information content (AvgIpc) is 2.61. The molecule has 0 aromatic heterocycles. The van der Waals surface area contributed by atoms with Crippen LogP contribution in [0.1, 0.15) is 16.7 Å². The maximum Gasteiger partial charge on any atom is 0.228 e. The van der Waals surface area contributed by atoms with E-state index in [-0.39, 0.29) is 12.3 Å². The number of rotatable bonds is 5. The summed E-state index contributed by atoms with van der Waals surface area (Å²) < 4.78 is 10.5. The van der Waals surface area contributed by atoms with Crippen LogP contribution < -0.4 is 20.1 Å². The Bertz CT molecular complexity index is 700. The van der Waals surface area contributed by atoms with E-state index in [2.05, 4.69) is 16.7 Å². The fourth-order valence-corrected chi connectivity index (χ4v) is 2.94. The number of amides is 1. The molecule has 0 spiro atoms. The number of nitrogens with one attached hydrogen (secondary N) is 2. The zero-order valence-corrected chi connectivity index (χ0v) is 14.0. The van der Waals surface area contributed by atoms with Crippen LogP contribution in [0, 0.1) is 0 Å². The molecule has 5 heteroatoms. The van der Waals surface area contributed by atoms with Gasteiger partial charge in [0, 0.05) is 12.2 Å². The van der Waals surface area contributed by atoms with E-state index in [4.69, 9.17) is 9.47 Å². The number of benzene rings is 2. The van der Waals surface area contributed by atoms with Crippen LogP contribution in [-0.2, 0) is 24.2 Å². The van der Waals surface area contributed by atoms with E-state index in [9.17, 15) is 4.79 Å². The third-order valence-electron chi connectivity index (χ3n) is 4.19. The minimum absolute atomic E-state index is 0.0501. The molecule has 0 saturated carbocycles. The Kier molecular flexibility index (Phi) is 5.01. The van der Waals surface area contributed by atoms with Crippen molar-refractivity contribution < 1.29 is 14.3 Å². The third-order valence-corrected chi connectivity index (χ3v) is 4.19. The van der Waals surface area contributed by atoms with Crippen molar-refractivity contribution in [1.29, 1.82) is 0 Å². The Morgan fingerprint density at radius 2 is 1.92 bits per heavy atom. The molecule has 0 unspecified atom stereocenters. The SMILES string of the molecule is COc1ccc(CC(=O)Nc2ccc3c(c2)CNCC3)cc1OC. The summed E-state index contributed by atoms with van der Waals surface area (Å²) in [4.78, 5) is 12.3. The van der Waals surface area contributed by atoms with Crippen LogP contribution in [-0.4, -0.2) is 26.7 Å². The second-order valence-electron chi connectivity index (χ2n) is 5.82. The highest BCUT2D eigenvalue weighted by molar-refractivity contribution is 5.92. The van der Waals surface area contributed by atoms with E-state index in [0.717, 1.165) is 30.8 Å². The van der Waals surface area contributed by atoms with E-state index < -0.39 is 0 Å². The second kappa shape index (κ2) is 7.36. The first kappa shape index (κ1) is 16.3. The molecule has 0 bridgehead atoms. The molecule has 3 rings (SSSR count). The van der Waals surface area contributed by atoms with Gasteiger partial charge < -0.3 is 20.1 Å². The molecule has 5 nitrogen and oxygen atoms in total. The summed E-state index contributed by atoms with van der Waals surface area (Å²) >= 11 is 0. The van der Waals surface area contributed by atoms with Gasteiger partial charge in [-0.05, 0) is 53.9 Å². The van der Waals surface area contributed by atoms with Crippen molar-refractivity contribution in [1.82, 2.24) is 5.32 Å². The quantitative estimate of drug-likeness (QED) is 0.886. The normalized spacial score (nSPS) is 13.1. The molecule has 0 fully saturated rings. The molecule has 1 heterocycles. The van der Waals surface area contributed by atoms with Crippen molar-refractivity contribution in [2.24, 2.45) is 0 Å². The number of anilines is 1. The van der Waals surface area contributed by atoms with Crippen molar-refractivity contribution >= 4 is 11.6 Å². The van der Waals surface area contributed by atoms with Crippen LogP contribution in [0.15, 0.2) is 36.4 Å². The Morgan fingerprint density at radius 3 is 2.71 bits per heavy atom. The van der Waals surface area contributed by atoms with Crippen molar-refractivity contribution in [3.05, 3.63) is 53.1 Å². The fourth-order valence-electron chi connectivity index (χ4n) is 2.94. The molecule has 0 saturated heterocycles. The van der Waals surface area contributed by atoms with Gasteiger partial charge in [-0.2, -0.15) is 0 Å². The van der Waals surface area contributed by atoms with Gasteiger partial charge in [-0.1, -0.05) is 12.1 Å². The van der Waals surface area contributed by atoms with Crippen LogP contribution in [0.2, 0.25) is 0 Å². The molecule has 0 aliphatic carbocycles. The van der Waals surface area contributed by atoms with Crippen LogP contribution >= 0.6 is 0 Å². The van der Waals surface area contributed by atoms with Crippen LogP contribution in [0.4, 0.5) is 5.69 Å². The van der Waals surface area contributed by atoms with Crippen molar-refractivity contribution in [3.8, 4) is 11.5 Å². The predicted molar refractivity (Wildman–Crippen MR) is 93.7 cm³/mol. The number of carbonyl (C=O) groups is 1. The zero-order valence-electron chi connectivity index (χ0n) is 14.0. The lowest BCUT2D eigenvalue weighted by Crippen LogP contribution is -2.24. The smallest absolute Gasteiger partial charge is 0.228 e. The van der Waals surface area contributed by atoms with E-state index >= 15 is 0 Å². The number of ether oxygens (including phenoxy) is 2. The summed E-state index contributed by atoms with van der Waals surface area (Å²) in [5, 5.41) is 6.31. The maximum absolute atomic E-state index is 12.3. The molecule has 1 aliphatic rings. The number of hydrogen-bond acceptors (Lipinski definition) is 4. The first-order valence-corrected chi connectivity index (χ1v) is 8.03. The Hall–Kier alpha value is -2.53. The van der Waals surface area contributed by atoms with Crippen molar-refractivity contribution in [2.45, 2.75) is 19.4 Å². The largest absolute Gasteiger partial charge is 0.493 e. The molecule has 24 heavy (non-hydrogen) atoms. The Balaban J connectivity index is 1.67. The summed E-state index contributed by atoms with van der Waals surface area (Å²) in [7, 11) is 3.18. The highest BCUT2D eigenvalue weighted by Crippen LogP contribution is 2.28. The van der Waals surface area contributed by atoms with Gasteiger partial charge in [-0.15, -0.1) is 0 Å². The highest BCUT2D eigenvalue weighted by atomic mass is 16.5. The van der Waals surface area contributed by atoms with Crippen molar-refractivity contribution in [2.75, 3.05) is 26.1 Å². The predicted octanol–water partition coefficient (Wildman–Crippen LogP) is 2.53. The summed E-state index contributed by atoms with van der Waals surface area (Å²) in [6, 6.07) is 11.6. The van der Waals surface area contributed by atoms with Crippen LogP contribution in [0.25, 0.3) is 0 Å². The maximum atomic E-state index is 12.3. The van der Waals surface area contributed by atoms with Gasteiger partial charge in [0.05, 0.1) is 20.6 Å². The molecule has 126 valence electrons. The van der Waals surface area contributed by atoms with Gasteiger partial charge >= 0.3 is 0 Å². The lowest BCUT2D eigenvalue weighted by atomic mass is 10.0. The van der Waals surface area contributed by atoms with Gasteiger partial charge in [-0.3, -0.25) is 4.79 Å².